The molecular weight excluding hydrogens is 319 g/mol. The second-order valence-electron chi connectivity index (χ2n) is 6.02. The van der Waals surface area contributed by atoms with Gasteiger partial charge in [0.05, 0.1) is 14.2 Å². The third-order valence-corrected chi connectivity index (χ3v) is 4.10. The number of ether oxygens (including phenoxy) is 2. The Morgan fingerprint density at radius 1 is 1.00 bits per heavy atom. The van der Waals surface area contributed by atoms with Gasteiger partial charge in [0.2, 0.25) is 0 Å². The van der Waals surface area contributed by atoms with Crippen molar-refractivity contribution in [1.82, 2.24) is 0 Å². The van der Waals surface area contributed by atoms with Gasteiger partial charge in [-0.15, -0.1) is 0 Å². The summed E-state index contributed by atoms with van der Waals surface area (Å²) in [6, 6.07) is 3.90. The van der Waals surface area contributed by atoms with Gasteiger partial charge < -0.3 is 15.2 Å². The minimum Gasteiger partial charge on any atom is -0.496 e. The van der Waals surface area contributed by atoms with Crippen LogP contribution in [-0.2, 0) is 12.8 Å². The van der Waals surface area contributed by atoms with Crippen LogP contribution in [0.15, 0.2) is 12.1 Å². The van der Waals surface area contributed by atoms with E-state index in [0.29, 0.717) is 25.7 Å². The Morgan fingerprint density at radius 2 is 1.58 bits per heavy atom. The number of benzene rings is 1. The zero-order valence-corrected chi connectivity index (χ0v) is 14.7. The van der Waals surface area contributed by atoms with Gasteiger partial charge in [-0.25, -0.2) is 0 Å². The Hall–Kier alpha value is -1.43. The van der Waals surface area contributed by atoms with Gasteiger partial charge in [0.25, 0.3) is 0 Å². The molecule has 0 aromatic heterocycles. The van der Waals surface area contributed by atoms with Crippen molar-refractivity contribution in [3.63, 3.8) is 0 Å². The predicted octanol–water partition coefficient (Wildman–Crippen LogP) is 4.65. The first kappa shape index (κ1) is 20.6. The fourth-order valence-corrected chi connectivity index (χ4v) is 2.62. The number of aryl methyl sites for hydroxylation is 1. The number of halogens is 3. The molecule has 0 amide bonds. The van der Waals surface area contributed by atoms with Gasteiger partial charge in [0.1, 0.15) is 11.5 Å². The van der Waals surface area contributed by atoms with Gasteiger partial charge in [-0.1, -0.05) is 13.3 Å². The van der Waals surface area contributed by atoms with Crippen molar-refractivity contribution in [3.05, 3.63) is 23.3 Å². The Bertz CT molecular complexity index is 504. The van der Waals surface area contributed by atoms with E-state index < -0.39 is 12.6 Å². The summed E-state index contributed by atoms with van der Waals surface area (Å²) in [4.78, 5) is 0. The average Bonchev–Trinajstić information content (AvgIpc) is 2.53. The SMILES string of the molecule is CCC(N)Cc1cc(OC)c(CCCCCC(F)(F)F)cc1OC. The van der Waals surface area contributed by atoms with Crippen LogP contribution >= 0.6 is 0 Å². The van der Waals surface area contributed by atoms with Crippen molar-refractivity contribution in [2.75, 3.05) is 14.2 Å². The molecule has 0 radical (unpaired) electrons. The smallest absolute Gasteiger partial charge is 0.389 e. The minimum absolute atomic E-state index is 0.0526. The Morgan fingerprint density at radius 3 is 2.12 bits per heavy atom. The van der Waals surface area contributed by atoms with E-state index >= 15 is 0 Å². The zero-order chi connectivity index (χ0) is 18.2. The molecule has 24 heavy (non-hydrogen) atoms. The van der Waals surface area contributed by atoms with Crippen LogP contribution in [0, 0.1) is 0 Å². The molecular formula is C18H28F3NO2. The van der Waals surface area contributed by atoms with Gasteiger partial charge >= 0.3 is 6.18 Å². The Labute approximate surface area is 142 Å². The molecule has 1 rings (SSSR count). The molecule has 138 valence electrons. The molecule has 1 aromatic rings. The van der Waals surface area contributed by atoms with Crippen LogP contribution < -0.4 is 15.2 Å². The lowest BCUT2D eigenvalue weighted by Crippen LogP contribution is -2.21. The van der Waals surface area contributed by atoms with E-state index in [9.17, 15) is 13.2 Å². The third-order valence-electron chi connectivity index (χ3n) is 4.10. The quantitative estimate of drug-likeness (QED) is 0.627. The molecule has 0 saturated carbocycles. The maximum Gasteiger partial charge on any atom is 0.389 e. The van der Waals surface area contributed by atoms with Gasteiger partial charge in [-0.3, -0.25) is 0 Å². The van der Waals surface area contributed by atoms with Crippen LogP contribution in [0.5, 0.6) is 11.5 Å². The van der Waals surface area contributed by atoms with E-state index in [1.807, 2.05) is 19.1 Å². The first-order chi connectivity index (χ1) is 11.3. The number of nitrogens with two attached hydrogens (primary N) is 1. The summed E-state index contributed by atoms with van der Waals surface area (Å²) in [5, 5.41) is 0. The molecule has 3 nitrogen and oxygen atoms in total. The van der Waals surface area contributed by atoms with Crippen molar-refractivity contribution in [2.45, 2.75) is 64.1 Å². The topological polar surface area (TPSA) is 44.5 Å². The Balaban J connectivity index is 2.72. The van der Waals surface area contributed by atoms with Crippen LogP contribution in [0.3, 0.4) is 0 Å². The molecule has 0 aliphatic carbocycles. The third kappa shape index (κ3) is 6.99. The molecule has 0 saturated heterocycles. The van der Waals surface area contributed by atoms with E-state index in [4.69, 9.17) is 15.2 Å². The second-order valence-corrected chi connectivity index (χ2v) is 6.02. The zero-order valence-electron chi connectivity index (χ0n) is 14.7. The molecule has 0 heterocycles. The molecule has 6 heteroatoms. The second kappa shape index (κ2) is 9.77. The van der Waals surface area contributed by atoms with Crippen molar-refractivity contribution >= 4 is 0 Å². The molecule has 1 atom stereocenters. The molecule has 0 aliphatic heterocycles. The molecule has 2 N–H and O–H groups in total. The summed E-state index contributed by atoms with van der Waals surface area (Å²) in [6.07, 6.45) is -1.18. The van der Waals surface area contributed by atoms with Gasteiger partial charge in [0.15, 0.2) is 0 Å². The highest BCUT2D eigenvalue weighted by atomic mass is 19.4. The van der Waals surface area contributed by atoms with E-state index in [1.165, 1.54) is 0 Å². The molecule has 1 unspecified atom stereocenters. The van der Waals surface area contributed by atoms with Crippen molar-refractivity contribution < 1.29 is 22.6 Å². The molecule has 0 fully saturated rings. The average molecular weight is 347 g/mol. The maximum atomic E-state index is 12.2. The lowest BCUT2D eigenvalue weighted by atomic mass is 9.98. The fraction of sp³-hybridized carbons (Fsp3) is 0.667. The number of hydrogen-bond acceptors (Lipinski definition) is 3. The fourth-order valence-electron chi connectivity index (χ4n) is 2.62. The first-order valence-corrected chi connectivity index (χ1v) is 8.36. The highest BCUT2D eigenvalue weighted by Crippen LogP contribution is 2.31. The molecule has 0 aliphatic rings. The van der Waals surface area contributed by atoms with Crippen LogP contribution in [0.25, 0.3) is 0 Å². The number of hydrogen-bond donors (Lipinski definition) is 1. The lowest BCUT2D eigenvalue weighted by molar-refractivity contribution is -0.135. The van der Waals surface area contributed by atoms with Crippen molar-refractivity contribution in [1.29, 1.82) is 0 Å². The number of unbranched alkanes of at least 4 members (excludes halogenated alkanes) is 2. The Kier molecular flexibility index (Phi) is 8.39. The summed E-state index contributed by atoms with van der Waals surface area (Å²) in [5.41, 5.74) is 7.96. The molecule has 1 aromatic carbocycles. The first-order valence-electron chi connectivity index (χ1n) is 8.36. The van der Waals surface area contributed by atoms with Crippen molar-refractivity contribution in [3.8, 4) is 11.5 Å². The maximum absolute atomic E-state index is 12.2. The highest BCUT2D eigenvalue weighted by Gasteiger charge is 2.25. The van der Waals surface area contributed by atoms with Crippen LogP contribution in [0.1, 0.15) is 50.2 Å². The monoisotopic (exact) mass is 347 g/mol. The normalized spacial score (nSPS) is 13.0. The number of rotatable bonds is 10. The van der Waals surface area contributed by atoms with Gasteiger partial charge in [-0.05, 0) is 55.4 Å². The number of methoxy groups -OCH3 is 2. The summed E-state index contributed by atoms with van der Waals surface area (Å²) >= 11 is 0. The highest BCUT2D eigenvalue weighted by molar-refractivity contribution is 5.47. The largest absolute Gasteiger partial charge is 0.496 e. The summed E-state index contributed by atoms with van der Waals surface area (Å²) in [5.74, 6) is 1.50. The summed E-state index contributed by atoms with van der Waals surface area (Å²) in [6.45, 7) is 2.03. The predicted molar refractivity (Wildman–Crippen MR) is 89.7 cm³/mol. The summed E-state index contributed by atoms with van der Waals surface area (Å²) < 4.78 is 47.3. The number of alkyl halides is 3. The van der Waals surface area contributed by atoms with Crippen LogP contribution in [0.4, 0.5) is 13.2 Å². The van der Waals surface area contributed by atoms with Crippen LogP contribution in [-0.4, -0.2) is 26.4 Å². The summed E-state index contributed by atoms with van der Waals surface area (Å²) in [7, 11) is 3.20. The molecule has 0 bridgehead atoms. The van der Waals surface area contributed by atoms with E-state index in [0.717, 1.165) is 29.0 Å². The van der Waals surface area contributed by atoms with Crippen LogP contribution in [0.2, 0.25) is 0 Å². The molecule has 0 spiro atoms. The van der Waals surface area contributed by atoms with E-state index in [2.05, 4.69) is 0 Å². The van der Waals surface area contributed by atoms with E-state index in [-0.39, 0.29) is 12.5 Å². The van der Waals surface area contributed by atoms with E-state index in [1.54, 1.807) is 14.2 Å². The van der Waals surface area contributed by atoms with Crippen molar-refractivity contribution in [2.24, 2.45) is 5.73 Å². The standard InChI is InChI=1S/C18H28F3NO2/c1-4-15(22)10-14-12-16(23-2)13(11-17(14)24-3)8-6-5-7-9-18(19,20)21/h11-12,15H,4-10,22H2,1-3H3. The van der Waals surface area contributed by atoms with Gasteiger partial charge in [0, 0.05) is 12.5 Å². The van der Waals surface area contributed by atoms with Gasteiger partial charge in [-0.2, -0.15) is 13.2 Å². The minimum atomic E-state index is -4.07. The lowest BCUT2D eigenvalue weighted by Gasteiger charge is -2.17.